The molecule has 0 unspecified atom stereocenters. The van der Waals surface area contributed by atoms with Gasteiger partial charge in [0.2, 0.25) is 0 Å². The molecule has 208 valence electrons. The van der Waals surface area contributed by atoms with Crippen molar-refractivity contribution in [2.75, 3.05) is 44.2 Å². The molecule has 1 aliphatic rings. The van der Waals surface area contributed by atoms with E-state index in [-0.39, 0.29) is 5.69 Å². The highest BCUT2D eigenvalue weighted by molar-refractivity contribution is 7.45. The van der Waals surface area contributed by atoms with Crippen LogP contribution < -0.4 is 15.3 Å². The van der Waals surface area contributed by atoms with Crippen LogP contribution in [0.2, 0.25) is 5.02 Å². The molecule has 3 N–H and O–H groups in total. The van der Waals surface area contributed by atoms with E-state index < -0.39 is 7.82 Å². The number of nitrogens with zero attached hydrogens (tertiary/aromatic N) is 5. The zero-order valence-corrected chi connectivity index (χ0v) is 23.0. The van der Waals surface area contributed by atoms with Gasteiger partial charge in [-0.1, -0.05) is 42.8 Å². The number of hydrogen-bond donors (Lipinski definition) is 3. The molecular formula is C25H35ClN5O6P. The van der Waals surface area contributed by atoms with Gasteiger partial charge >= 0.3 is 13.5 Å². The second-order valence-electron chi connectivity index (χ2n) is 8.76. The van der Waals surface area contributed by atoms with Gasteiger partial charge in [-0.3, -0.25) is 9.47 Å². The molecule has 3 aromatic rings. The molecule has 4 rings (SSSR count). The summed E-state index contributed by atoms with van der Waals surface area (Å²) < 4.78 is 18.0. The van der Waals surface area contributed by atoms with Crippen LogP contribution in [0.15, 0.2) is 59.4 Å². The number of hydrogen-bond acceptors (Lipinski definition) is 6. The Morgan fingerprint density at radius 2 is 1.66 bits per heavy atom. The van der Waals surface area contributed by atoms with Gasteiger partial charge in [-0.2, -0.15) is 5.10 Å². The Labute approximate surface area is 227 Å². The van der Waals surface area contributed by atoms with Crippen molar-refractivity contribution in [3.63, 3.8) is 0 Å². The normalized spacial score (nSPS) is 14.2. The Morgan fingerprint density at radius 3 is 2.29 bits per heavy atom. The van der Waals surface area contributed by atoms with E-state index in [9.17, 15) is 4.79 Å². The Balaban J connectivity index is 0.000000732. The predicted molar refractivity (Wildman–Crippen MR) is 147 cm³/mol. The minimum Gasteiger partial charge on any atom is -0.492 e. The van der Waals surface area contributed by atoms with Crippen molar-refractivity contribution in [1.82, 2.24) is 19.2 Å². The van der Waals surface area contributed by atoms with Crippen molar-refractivity contribution in [3.05, 3.63) is 75.9 Å². The summed E-state index contributed by atoms with van der Waals surface area (Å²) in [5.74, 6) is 1.62. The third kappa shape index (κ3) is 9.90. The lowest BCUT2D eigenvalue weighted by molar-refractivity contribution is 0.248. The molecule has 0 radical (unpaired) electrons. The summed E-state index contributed by atoms with van der Waals surface area (Å²) in [6.45, 7) is 8.54. The highest BCUT2D eigenvalue weighted by atomic mass is 35.5. The van der Waals surface area contributed by atoms with Gasteiger partial charge in [0.05, 0.1) is 6.54 Å². The van der Waals surface area contributed by atoms with Crippen LogP contribution in [0.4, 0.5) is 5.69 Å². The fourth-order valence-corrected chi connectivity index (χ4v) is 4.42. The number of benzene rings is 2. The lowest BCUT2D eigenvalue weighted by Crippen LogP contribution is -2.46. The first-order valence-corrected chi connectivity index (χ1v) is 14.4. The van der Waals surface area contributed by atoms with Crippen molar-refractivity contribution in [2.45, 2.75) is 32.9 Å². The van der Waals surface area contributed by atoms with Gasteiger partial charge in [0, 0.05) is 56.4 Å². The van der Waals surface area contributed by atoms with Crippen LogP contribution in [0.1, 0.15) is 19.2 Å². The van der Waals surface area contributed by atoms with E-state index in [1.165, 1.54) is 5.69 Å². The average molecular weight is 568 g/mol. The quantitative estimate of drug-likeness (QED) is 0.316. The molecule has 0 spiro atoms. The number of aromatic nitrogens is 3. The van der Waals surface area contributed by atoms with Crippen LogP contribution in [-0.4, -0.2) is 73.3 Å². The fourth-order valence-electron chi connectivity index (χ4n) is 4.24. The standard InChI is InChI=1S/C25H32ClN5O2.H3O4P/c1-2-24-27-31(25(32)30(24)18-19-33-23-10-4-3-5-11-23)13-7-12-28-14-16-29(17-15-28)22-9-6-8-21(26)20-22;1-5(2,3)4/h3-6,8-11,20H,2,7,12-19H2,1H3;(H3,1,2,3,4). The third-order valence-electron chi connectivity index (χ3n) is 6.03. The van der Waals surface area contributed by atoms with Crippen molar-refractivity contribution in [1.29, 1.82) is 0 Å². The van der Waals surface area contributed by atoms with E-state index >= 15 is 0 Å². The largest absolute Gasteiger partial charge is 0.492 e. The fraction of sp³-hybridized carbons (Fsp3) is 0.440. The molecule has 0 aliphatic carbocycles. The van der Waals surface area contributed by atoms with E-state index in [1.807, 2.05) is 55.5 Å². The Hall–Kier alpha value is -2.66. The molecule has 1 aromatic heterocycles. The number of ether oxygens (including phenoxy) is 1. The van der Waals surface area contributed by atoms with Gasteiger partial charge < -0.3 is 24.3 Å². The van der Waals surface area contributed by atoms with Crippen LogP contribution in [0.5, 0.6) is 5.75 Å². The predicted octanol–water partition coefficient (Wildman–Crippen LogP) is 2.62. The molecule has 13 heteroatoms. The van der Waals surface area contributed by atoms with Crippen LogP contribution in [0, 0.1) is 0 Å². The van der Waals surface area contributed by atoms with E-state index in [2.05, 4.69) is 21.0 Å². The van der Waals surface area contributed by atoms with E-state index in [1.54, 1.807) is 9.25 Å². The van der Waals surface area contributed by atoms with Crippen LogP contribution >= 0.6 is 19.4 Å². The van der Waals surface area contributed by atoms with Gasteiger partial charge in [0.1, 0.15) is 18.2 Å². The highest BCUT2D eigenvalue weighted by Gasteiger charge is 2.18. The summed E-state index contributed by atoms with van der Waals surface area (Å²) in [4.78, 5) is 39.3. The molecule has 1 fully saturated rings. The van der Waals surface area contributed by atoms with Gasteiger partial charge in [-0.25, -0.2) is 14.0 Å². The van der Waals surface area contributed by atoms with Crippen LogP contribution in [-0.2, 0) is 24.1 Å². The summed E-state index contributed by atoms with van der Waals surface area (Å²) in [6, 6.07) is 17.7. The van der Waals surface area contributed by atoms with Crippen molar-refractivity contribution >= 4 is 25.1 Å². The lowest BCUT2D eigenvalue weighted by Gasteiger charge is -2.36. The first kappa shape index (κ1) is 29.9. The van der Waals surface area contributed by atoms with Crippen LogP contribution in [0.3, 0.4) is 0 Å². The SMILES string of the molecule is CCc1nn(CCCN2CCN(c3cccc(Cl)c3)CC2)c(=O)n1CCOc1ccccc1.O=P(O)(O)O. The Kier molecular flexibility index (Phi) is 11.4. The zero-order chi connectivity index (χ0) is 27.5. The van der Waals surface area contributed by atoms with Crippen molar-refractivity contribution in [2.24, 2.45) is 0 Å². The summed E-state index contributed by atoms with van der Waals surface area (Å²) >= 11 is 6.13. The van der Waals surface area contributed by atoms with Crippen molar-refractivity contribution < 1.29 is 24.0 Å². The molecule has 2 heterocycles. The number of halogens is 1. The molecule has 2 aromatic carbocycles. The van der Waals surface area contributed by atoms with Gasteiger partial charge in [0.15, 0.2) is 0 Å². The molecule has 0 bridgehead atoms. The highest BCUT2D eigenvalue weighted by Crippen LogP contribution is 2.25. The first-order valence-electron chi connectivity index (χ1n) is 12.5. The van der Waals surface area contributed by atoms with Crippen LogP contribution in [0.25, 0.3) is 0 Å². The molecule has 1 aliphatic heterocycles. The van der Waals surface area contributed by atoms with E-state index in [0.717, 1.165) is 62.2 Å². The van der Waals surface area contributed by atoms with Gasteiger partial charge in [0.25, 0.3) is 0 Å². The Bertz CT molecular complexity index is 1230. The lowest BCUT2D eigenvalue weighted by atomic mass is 10.2. The average Bonchev–Trinajstić information content (AvgIpc) is 3.18. The minimum absolute atomic E-state index is 0.0470. The number of anilines is 1. The van der Waals surface area contributed by atoms with Gasteiger partial charge in [-0.15, -0.1) is 0 Å². The number of piperazine rings is 1. The molecular weight excluding hydrogens is 533 g/mol. The smallest absolute Gasteiger partial charge is 0.466 e. The maximum atomic E-state index is 12.9. The molecule has 1 saturated heterocycles. The van der Waals surface area contributed by atoms with Gasteiger partial charge in [-0.05, 0) is 36.8 Å². The minimum atomic E-state index is -4.64. The molecule has 0 atom stereocenters. The molecule has 0 amide bonds. The molecule has 38 heavy (non-hydrogen) atoms. The monoisotopic (exact) mass is 567 g/mol. The number of phosphoric acid groups is 1. The third-order valence-corrected chi connectivity index (χ3v) is 6.27. The van der Waals surface area contributed by atoms with E-state index in [0.29, 0.717) is 19.7 Å². The topological polar surface area (TPSA) is 133 Å². The zero-order valence-electron chi connectivity index (χ0n) is 21.4. The molecule has 0 saturated carbocycles. The summed E-state index contributed by atoms with van der Waals surface area (Å²) in [5, 5.41) is 5.34. The maximum Gasteiger partial charge on any atom is 0.466 e. The second kappa shape index (κ2) is 14.5. The summed E-state index contributed by atoms with van der Waals surface area (Å²) in [6.07, 6.45) is 1.62. The summed E-state index contributed by atoms with van der Waals surface area (Å²) in [7, 11) is -4.64. The summed E-state index contributed by atoms with van der Waals surface area (Å²) in [5.41, 5.74) is 1.14. The Morgan fingerprint density at radius 1 is 0.974 bits per heavy atom. The molecule has 11 nitrogen and oxygen atoms in total. The number of aryl methyl sites for hydroxylation is 2. The number of para-hydroxylation sites is 1. The first-order chi connectivity index (χ1) is 18.1. The second-order valence-corrected chi connectivity index (χ2v) is 10.2. The van der Waals surface area contributed by atoms with Crippen molar-refractivity contribution in [3.8, 4) is 5.75 Å². The maximum absolute atomic E-state index is 12.9. The van der Waals surface area contributed by atoms with E-state index in [4.69, 9.17) is 35.6 Å². The number of rotatable bonds is 10.